The predicted molar refractivity (Wildman–Crippen MR) is 84.9 cm³/mol. The number of nitrogens with one attached hydrogen (secondary N) is 3. The van der Waals surface area contributed by atoms with Crippen molar-refractivity contribution in [2.75, 3.05) is 13.1 Å². The summed E-state index contributed by atoms with van der Waals surface area (Å²) in [6.45, 7) is 1.70. The van der Waals surface area contributed by atoms with Crippen LogP contribution in [0.3, 0.4) is 0 Å². The second-order valence-electron chi connectivity index (χ2n) is 6.87. The molecule has 0 radical (unpaired) electrons. The Labute approximate surface area is 136 Å². The second-order valence-corrected chi connectivity index (χ2v) is 6.87. The number of nitrogens with zero attached hydrogens (tertiary/aromatic N) is 3. The van der Waals surface area contributed by atoms with E-state index >= 15 is 0 Å². The van der Waals surface area contributed by atoms with Crippen LogP contribution in [-0.4, -0.2) is 45.9 Å². The Hall–Kier alpha value is -1.57. The highest BCUT2D eigenvalue weighted by Gasteiger charge is 2.38. The summed E-state index contributed by atoms with van der Waals surface area (Å²) in [5, 5.41) is 0. The SMILES string of the molecule is O=C(C1CCC2NNNC2C1)N1CCC(c2ccncn2)CC1. The Kier molecular flexibility index (Phi) is 4.24. The first kappa shape index (κ1) is 15.0. The maximum Gasteiger partial charge on any atom is 0.225 e. The normalized spacial score (nSPS) is 31.8. The molecule has 3 N–H and O–H groups in total. The van der Waals surface area contributed by atoms with Gasteiger partial charge in [-0.1, -0.05) is 0 Å². The van der Waals surface area contributed by atoms with Crippen molar-refractivity contribution >= 4 is 5.91 Å². The molecule has 1 amide bonds. The van der Waals surface area contributed by atoms with Crippen LogP contribution in [0.2, 0.25) is 0 Å². The minimum absolute atomic E-state index is 0.168. The number of carbonyl (C=O) groups excluding carboxylic acids is 1. The molecule has 3 atom stereocenters. The van der Waals surface area contributed by atoms with E-state index in [0.717, 1.165) is 50.9 Å². The average Bonchev–Trinajstić information content (AvgIpc) is 3.10. The summed E-state index contributed by atoms with van der Waals surface area (Å²) < 4.78 is 0. The number of rotatable bonds is 2. The molecule has 3 heterocycles. The van der Waals surface area contributed by atoms with Gasteiger partial charge in [0.25, 0.3) is 0 Å². The van der Waals surface area contributed by atoms with Crippen LogP contribution in [0.4, 0.5) is 0 Å². The van der Waals surface area contributed by atoms with Crippen molar-refractivity contribution in [1.82, 2.24) is 31.3 Å². The number of aromatic nitrogens is 2. The Morgan fingerprint density at radius 2 is 1.96 bits per heavy atom. The van der Waals surface area contributed by atoms with Crippen LogP contribution in [0.5, 0.6) is 0 Å². The van der Waals surface area contributed by atoms with Crippen molar-refractivity contribution in [3.63, 3.8) is 0 Å². The minimum Gasteiger partial charge on any atom is -0.342 e. The summed E-state index contributed by atoms with van der Waals surface area (Å²) in [6, 6.07) is 2.83. The van der Waals surface area contributed by atoms with Crippen LogP contribution in [-0.2, 0) is 4.79 Å². The maximum atomic E-state index is 12.8. The molecule has 1 aliphatic carbocycles. The molecule has 0 bridgehead atoms. The molecule has 0 spiro atoms. The fourth-order valence-corrected chi connectivity index (χ4v) is 4.15. The van der Waals surface area contributed by atoms with E-state index in [-0.39, 0.29) is 5.92 Å². The highest BCUT2D eigenvalue weighted by molar-refractivity contribution is 5.79. The van der Waals surface area contributed by atoms with Crippen molar-refractivity contribution in [2.45, 2.75) is 50.1 Å². The number of amides is 1. The molecule has 1 saturated carbocycles. The Bertz CT molecular complexity index is 545. The summed E-state index contributed by atoms with van der Waals surface area (Å²) in [7, 11) is 0. The lowest BCUT2D eigenvalue weighted by atomic mass is 9.82. The highest BCUT2D eigenvalue weighted by atomic mass is 16.2. The Balaban J connectivity index is 1.32. The number of fused-ring (bicyclic) bond motifs is 1. The molecule has 2 saturated heterocycles. The molecule has 2 aliphatic heterocycles. The van der Waals surface area contributed by atoms with E-state index < -0.39 is 0 Å². The molecule has 1 aromatic heterocycles. The molecule has 0 aromatic carbocycles. The lowest BCUT2D eigenvalue weighted by molar-refractivity contribution is -0.138. The highest BCUT2D eigenvalue weighted by Crippen LogP contribution is 2.31. The quantitative estimate of drug-likeness (QED) is 0.729. The zero-order chi connectivity index (χ0) is 15.6. The van der Waals surface area contributed by atoms with Crippen LogP contribution in [0.25, 0.3) is 0 Å². The minimum atomic E-state index is 0.168. The third-order valence-corrected chi connectivity index (χ3v) is 5.54. The smallest absolute Gasteiger partial charge is 0.225 e. The largest absolute Gasteiger partial charge is 0.342 e. The number of hydrogen-bond acceptors (Lipinski definition) is 6. The molecule has 4 rings (SSSR count). The van der Waals surface area contributed by atoms with Gasteiger partial charge in [-0.15, -0.1) is 0 Å². The van der Waals surface area contributed by atoms with Crippen LogP contribution >= 0.6 is 0 Å². The van der Waals surface area contributed by atoms with Gasteiger partial charge in [-0.3, -0.25) is 4.79 Å². The molecule has 3 aliphatic rings. The van der Waals surface area contributed by atoms with Crippen molar-refractivity contribution in [2.24, 2.45) is 5.92 Å². The van der Waals surface area contributed by atoms with Gasteiger partial charge in [-0.25, -0.2) is 20.8 Å². The van der Waals surface area contributed by atoms with Crippen molar-refractivity contribution in [1.29, 1.82) is 0 Å². The first-order chi connectivity index (χ1) is 11.3. The predicted octanol–water partition coefficient (Wildman–Crippen LogP) is 0.332. The molecule has 1 aromatic rings. The van der Waals surface area contributed by atoms with E-state index in [0.29, 0.717) is 23.9 Å². The van der Waals surface area contributed by atoms with Crippen LogP contribution in [0, 0.1) is 5.92 Å². The maximum absolute atomic E-state index is 12.8. The van der Waals surface area contributed by atoms with Gasteiger partial charge in [0, 0.05) is 48.9 Å². The average molecular weight is 316 g/mol. The van der Waals surface area contributed by atoms with Gasteiger partial charge in [-0.05, 0) is 38.2 Å². The van der Waals surface area contributed by atoms with Gasteiger partial charge in [0.2, 0.25) is 5.91 Å². The molecule has 23 heavy (non-hydrogen) atoms. The monoisotopic (exact) mass is 316 g/mol. The first-order valence-electron chi connectivity index (χ1n) is 8.62. The van der Waals surface area contributed by atoms with E-state index in [1.54, 1.807) is 12.5 Å². The standard InChI is InChI=1S/C16H24N6O/c23-16(12-1-2-14-15(9-12)20-21-19-14)22-7-4-11(5-8-22)13-3-6-17-10-18-13/h3,6,10-12,14-15,19-21H,1-2,4-5,7-9H2. The molecular formula is C16H24N6O. The number of hydrogen-bond donors (Lipinski definition) is 3. The van der Waals surface area contributed by atoms with Crippen molar-refractivity contribution in [3.8, 4) is 0 Å². The van der Waals surface area contributed by atoms with E-state index in [1.807, 2.05) is 6.07 Å². The second kappa shape index (κ2) is 6.51. The summed E-state index contributed by atoms with van der Waals surface area (Å²) in [5.41, 5.74) is 10.6. The van der Waals surface area contributed by atoms with Crippen LogP contribution in [0.15, 0.2) is 18.6 Å². The Morgan fingerprint density at radius 3 is 2.74 bits per heavy atom. The Morgan fingerprint density at radius 1 is 1.13 bits per heavy atom. The van der Waals surface area contributed by atoms with E-state index in [2.05, 4.69) is 31.3 Å². The first-order valence-corrected chi connectivity index (χ1v) is 8.62. The van der Waals surface area contributed by atoms with Crippen LogP contribution < -0.4 is 16.4 Å². The summed E-state index contributed by atoms with van der Waals surface area (Å²) >= 11 is 0. The summed E-state index contributed by atoms with van der Waals surface area (Å²) in [5.74, 6) is 0.974. The van der Waals surface area contributed by atoms with E-state index in [4.69, 9.17) is 0 Å². The molecular weight excluding hydrogens is 292 g/mol. The van der Waals surface area contributed by atoms with Crippen molar-refractivity contribution < 1.29 is 4.79 Å². The zero-order valence-electron chi connectivity index (χ0n) is 13.2. The molecule has 3 unspecified atom stereocenters. The third-order valence-electron chi connectivity index (χ3n) is 5.54. The van der Waals surface area contributed by atoms with Gasteiger partial charge in [0.15, 0.2) is 0 Å². The summed E-state index contributed by atoms with van der Waals surface area (Å²) in [4.78, 5) is 23.2. The van der Waals surface area contributed by atoms with Crippen molar-refractivity contribution in [3.05, 3.63) is 24.3 Å². The number of carbonyl (C=O) groups is 1. The third kappa shape index (κ3) is 3.08. The lowest BCUT2D eigenvalue weighted by Gasteiger charge is -2.37. The van der Waals surface area contributed by atoms with Gasteiger partial charge in [0.1, 0.15) is 6.33 Å². The molecule has 7 nitrogen and oxygen atoms in total. The molecule has 7 heteroatoms. The van der Waals surface area contributed by atoms with E-state index in [1.165, 1.54) is 0 Å². The zero-order valence-corrected chi connectivity index (χ0v) is 13.2. The molecule has 124 valence electrons. The number of piperidine rings is 1. The van der Waals surface area contributed by atoms with Gasteiger partial charge in [0.05, 0.1) is 0 Å². The van der Waals surface area contributed by atoms with Crippen LogP contribution in [0.1, 0.15) is 43.7 Å². The fourth-order valence-electron chi connectivity index (χ4n) is 4.15. The van der Waals surface area contributed by atoms with Gasteiger partial charge < -0.3 is 4.90 Å². The number of hydrazine groups is 2. The number of likely N-dealkylation sites (tertiary alicyclic amines) is 1. The topological polar surface area (TPSA) is 82.2 Å². The fraction of sp³-hybridized carbons (Fsp3) is 0.688. The lowest BCUT2D eigenvalue weighted by Crippen LogP contribution is -2.47. The molecule has 3 fully saturated rings. The van der Waals surface area contributed by atoms with E-state index in [9.17, 15) is 4.79 Å². The summed E-state index contributed by atoms with van der Waals surface area (Å²) in [6.07, 6.45) is 8.39. The van der Waals surface area contributed by atoms with Gasteiger partial charge in [-0.2, -0.15) is 5.53 Å². The van der Waals surface area contributed by atoms with Gasteiger partial charge >= 0.3 is 0 Å².